The first kappa shape index (κ1) is 25.3. The fourth-order valence-electron chi connectivity index (χ4n) is 2.63. The summed E-state index contributed by atoms with van der Waals surface area (Å²) in [7, 11) is -0.136. The normalized spacial score (nSPS) is 12.9. The Kier molecular flexibility index (Phi) is 18.6. The molecule has 0 aliphatic carbocycles. The van der Waals surface area contributed by atoms with E-state index in [1.807, 2.05) is 0 Å². The Labute approximate surface area is 143 Å². The van der Waals surface area contributed by atoms with Gasteiger partial charge in [-0.15, -0.1) is 0 Å². The van der Waals surface area contributed by atoms with Gasteiger partial charge in [-0.25, -0.2) is 4.57 Å². The van der Waals surface area contributed by atoms with Crippen LogP contribution in [-0.2, 0) is 4.57 Å². The van der Waals surface area contributed by atoms with Crippen LogP contribution >= 0.6 is 7.82 Å². The topological polar surface area (TPSA) is 81.0 Å². The van der Waals surface area contributed by atoms with Crippen LogP contribution in [0.15, 0.2) is 0 Å². The zero-order chi connectivity index (χ0) is 18.1. The molecule has 6 heteroatoms. The fraction of sp³-hybridized carbons (Fsp3) is 1.00. The van der Waals surface area contributed by atoms with Crippen LogP contribution in [0.2, 0.25) is 0 Å². The molecule has 0 bridgehead atoms. The van der Waals surface area contributed by atoms with Gasteiger partial charge in [-0.05, 0) is 26.9 Å². The highest BCUT2D eigenvalue weighted by Gasteiger charge is 2.10. The zero-order valence-corrected chi connectivity index (χ0v) is 16.6. The van der Waals surface area contributed by atoms with E-state index in [4.69, 9.17) is 19.2 Å². The molecule has 0 aromatic rings. The van der Waals surface area contributed by atoms with Crippen LogP contribution < -0.4 is 0 Å². The number of nitrogens with zero attached hydrogens (tertiary/aromatic N) is 1. The predicted octanol–water partition coefficient (Wildman–Crippen LogP) is 4.71. The van der Waals surface area contributed by atoms with E-state index >= 15 is 0 Å². The Hall–Kier alpha value is 0.0700. The molecule has 1 atom stereocenters. The van der Waals surface area contributed by atoms with Crippen LogP contribution in [0.25, 0.3) is 0 Å². The minimum atomic E-state index is -4.64. The molecular formula is C17H40NO4P. The molecule has 0 saturated carbocycles. The Morgan fingerprint density at radius 3 is 1.39 bits per heavy atom. The second-order valence-electron chi connectivity index (χ2n) is 6.54. The second-order valence-corrected chi connectivity index (χ2v) is 7.56. The number of phosphoric acid groups is 1. The summed E-state index contributed by atoms with van der Waals surface area (Å²) in [5.41, 5.74) is 0. The lowest BCUT2D eigenvalue weighted by Crippen LogP contribution is -2.27. The lowest BCUT2D eigenvalue weighted by atomic mass is 10.00. The second kappa shape index (κ2) is 16.9. The molecule has 0 aromatic carbocycles. The van der Waals surface area contributed by atoms with Crippen molar-refractivity contribution in [2.75, 3.05) is 14.1 Å². The van der Waals surface area contributed by atoms with E-state index in [2.05, 4.69) is 32.8 Å². The molecule has 3 N–H and O–H groups in total. The number of rotatable bonds is 13. The highest BCUT2D eigenvalue weighted by atomic mass is 31.2. The third-order valence-electron chi connectivity index (χ3n) is 4.01. The summed E-state index contributed by atoms with van der Waals surface area (Å²) in [6.45, 7) is 4.58. The molecule has 5 nitrogen and oxygen atoms in total. The summed E-state index contributed by atoms with van der Waals surface area (Å²) in [5.74, 6) is 0. The third kappa shape index (κ3) is 27.2. The van der Waals surface area contributed by atoms with Gasteiger partial charge in [0.05, 0.1) is 0 Å². The monoisotopic (exact) mass is 353 g/mol. The first-order chi connectivity index (χ1) is 10.7. The van der Waals surface area contributed by atoms with Crippen molar-refractivity contribution in [3.63, 3.8) is 0 Å². The van der Waals surface area contributed by atoms with Gasteiger partial charge in [-0.3, -0.25) is 0 Å². The SMILES string of the molecule is CCCCCCCCC(CCCCCC)N(C)C.O=P(O)(O)O. The van der Waals surface area contributed by atoms with E-state index in [9.17, 15) is 0 Å². The third-order valence-corrected chi connectivity index (χ3v) is 4.01. The van der Waals surface area contributed by atoms with E-state index in [0.29, 0.717) is 0 Å². The number of hydrogen-bond acceptors (Lipinski definition) is 2. The van der Waals surface area contributed by atoms with Gasteiger partial charge >= 0.3 is 7.82 Å². The van der Waals surface area contributed by atoms with Crippen molar-refractivity contribution in [2.45, 2.75) is 96.9 Å². The minimum absolute atomic E-state index is 0.827. The minimum Gasteiger partial charge on any atom is -0.306 e. The van der Waals surface area contributed by atoms with E-state index in [0.717, 1.165) is 6.04 Å². The fourth-order valence-corrected chi connectivity index (χ4v) is 2.63. The summed E-state index contributed by atoms with van der Waals surface area (Å²) >= 11 is 0. The Morgan fingerprint density at radius 1 is 0.739 bits per heavy atom. The highest BCUT2D eigenvalue weighted by Crippen LogP contribution is 2.25. The lowest BCUT2D eigenvalue weighted by Gasteiger charge is -2.24. The van der Waals surface area contributed by atoms with E-state index in [1.54, 1.807) is 0 Å². The van der Waals surface area contributed by atoms with E-state index in [1.165, 1.54) is 77.0 Å². The smallest absolute Gasteiger partial charge is 0.306 e. The van der Waals surface area contributed by atoms with Crippen LogP contribution in [-0.4, -0.2) is 39.7 Å². The van der Waals surface area contributed by atoms with Gasteiger partial charge in [0.2, 0.25) is 0 Å². The molecule has 0 spiro atoms. The summed E-state index contributed by atoms with van der Waals surface area (Å²) in [6.07, 6.45) is 17.0. The number of unbranched alkanes of at least 4 members (excludes halogenated alkanes) is 8. The first-order valence-electron chi connectivity index (χ1n) is 9.17. The molecule has 0 aliphatic heterocycles. The molecule has 142 valence electrons. The van der Waals surface area contributed by atoms with Crippen LogP contribution in [0.4, 0.5) is 0 Å². The first-order valence-corrected chi connectivity index (χ1v) is 10.7. The van der Waals surface area contributed by atoms with Crippen molar-refractivity contribution in [3.8, 4) is 0 Å². The van der Waals surface area contributed by atoms with Crippen LogP contribution in [0.3, 0.4) is 0 Å². The van der Waals surface area contributed by atoms with Gasteiger partial charge in [0.1, 0.15) is 0 Å². The van der Waals surface area contributed by atoms with Crippen molar-refractivity contribution >= 4 is 7.82 Å². The van der Waals surface area contributed by atoms with Crippen LogP contribution in [0, 0.1) is 0 Å². The Balaban J connectivity index is 0. The molecule has 0 amide bonds. The summed E-state index contributed by atoms with van der Waals surface area (Å²) in [6, 6.07) is 0.827. The average molecular weight is 353 g/mol. The van der Waals surface area contributed by atoms with Gasteiger partial charge in [0, 0.05) is 6.04 Å². The molecule has 0 aliphatic rings. The maximum atomic E-state index is 8.88. The van der Waals surface area contributed by atoms with Crippen molar-refractivity contribution < 1.29 is 19.2 Å². The largest absolute Gasteiger partial charge is 0.466 e. The van der Waals surface area contributed by atoms with E-state index < -0.39 is 7.82 Å². The van der Waals surface area contributed by atoms with Gasteiger partial charge in [-0.2, -0.15) is 0 Å². The Bertz CT molecular complexity index is 274. The predicted molar refractivity (Wildman–Crippen MR) is 98.5 cm³/mol. The molecule has 0 heterocycles. The lowest BCUT2D eigenvalue weighted by molar-refractivity contribution is 0.251. The summed E-state index contributed by atoms with van der Waals surface area (Å²) in [5, 5.41) is 0. The van der Waals surface area contributed by atoms with Gasteiger partial charge in [0.15, 0.2) is 0 Å². The summed E-state index contributed by atoms with van der Waals surface area (Å²) < 4.78 is 8.88. The molecule has 0 aromatic heterocycles. The van der Waals surface area contributed by atoms with Gasteiger partial charge in [0.25, 0.3) is 0 Å². The van der Waals surface area contributed by atoms with Crippen LogP contribution in [0.1, 0.15) is 90.9 Å². The van der Waals surface area contributed by atoms with Gasteiger partial charge in [-0.1, -0.05) is 78.1 Å². The average Bonchev–Trinajstić information content (AvgIpc) is 2.42. The standard InChI is InChI=1S/C17H37N.H3O4P/c1-5-7-9-11-12-14-16-17(18(3)4)15-13-10-8-6-2;1-5(2,3)4/h17H,5-16H2,1-4H3;(H3,1,2,3,4). The molecular weight excluding hydrogens is 313 g/mol. The van der Waals surface area contributed by atoms with Crippen molar-refractivity contribution in [2.24, 2.45) is 0 Å². The summed E-state index contributed by atoms with van der Waals surface area (Å²) in [4.78, 5) is 24.0. The molecule has 0 fully saturated rings. The molecule has 1 unspecified atom stereocenters. The number of hydrogen-bond donors (Lipinski definition) is 3. The van der Waals surface area contributed by atoms with Gasteiger partial charge < -0.3 is 19.6 Å². The van der Waals surface area contributed by atoms with Crippen molar-refractivity contribution in [1.29, 1.82) is 0 Å². The zero-order valence-electron chi connectivity index (χ0n) is 15.7. The quantitative estimate of drug-likeness (QED) is 0.330. The molecule has 23 heavy (non-hydrogen) atoms. The Morgan fingerprint density at radius 2 is 1.04 bits per heavy atom. The van der Waals surface area contributed by atoms with E-state index in [-0.39, 0.29) is 0 Å². The molecule has 0 rings (SSSR count). The molecule has 0 saturated heterocycles. The van der Waals surface area contributed by atoms with Crippen molar-refractivity contribution in [1.82, 2.24) is 4.90 Å². The molecule has 0 radical (unpaired) electrons. The van der Waals surface area contributed by atoms with Crippen molar-refractivity contribution in [3.05, 3.63) is 0 Å². The van der Waals surface area contributed by atoms with Crippen LogP contribution in [0.5, 0.6) is 0 Å². The maximum Gasteiger partial charge on any atom is 0.466 e. The maximum absolute atomic E-state index is 8.88. The highest BCUT2D eigenvalue weighted by molar-refractivity contribution is 7.45.